The summed E-state index contributed by atoms with van der Waals surface area (Å²) in [4.78, 5) is 3.69. The predicted molar refractivity (Wildman–Crippen MR) is 84.3 cm³/mol. The van der Waals surface area contributed by atoms with Crippen molar-refractivity contribution in [3.63, 3.8) is 0 Å². The number of hydrogen-bond donors (Lipinski definition) is 3. The van der Waals surface area contributed by atoms with Gasteiger partial charge in [0.25, 0.3) is 10.0 Å². The van der Waals surface area contributed by atoms with Gasteiger partial charge in [-0.1, -0.05) is 34.8 Å². The summed E-state index contributed by atoms with van der Waals surface area (Å²) in [6.45, 7) is 0. The normalized spacial score (nSPS) is 11.2. The highest BCUT2D eigenvalue weighted by Crippen LogP contribution is 2.33. The first-order valence-electron chi connectivity index (χ1n) is 5.44. The van der Waals surface area contributed by atoms with Gasteiger partial charge in [-0.2, -0.15) is 0 Å². The van der Waals surface area contributed by atoms with E-state index in [0.29, 0.717) is 0 Å². The molecule has 0 amide bonds. The van der Waals surface area contributed by atoms with Crippen molar-refractivity contribution in [2.45, 2.75) is 4.90 Å². The number of rotatable bonds is 4. The third kappa shape index (κ3) is 3.50. The summed E-state index contributed by atoms with van der Waals surface area (Å²) in [7, 11) is -3.95. The molecule has 1 aromatic heterocycles. The number of hydrogen-bond acceptors (Lipinski definition) is 5. The number of nitrogen functional groups attached to an aromatic ring is 1. The second kappa shape index (κ2) is 6.25. The zero-order chi connectivity index (χ0) is 15.6. The third-order valence-corrected chi connectivity index (χ3v) is 4.88. The Labute approximate surface area is 136 Å². The van der Waals surface area contributed by atoms with Gasteiger partial charge in [-0.3, -0.25) is 4.72 Å². The molecule has 0 aliphatic heterocycles. The van der Waals surface area contributed by atoms with E-state index in [-0.39, 0.29) is 31.5 Å². The minimum Gasteiger partial charge on any atom is -0.307 e. The summed E-state index contributed by atoms with van der Waals surface area (Å²) in [6.07, 6.45) is 1.40. The van der Waals surface area contributed by atoms with Crippen molar-refractivity contribution in [1.82, 2.24) is 4.98 Å². The van der Waals surface area contributed by atoms with E-state index in [1.165, 1.54) is 30.5 Å². The highest BCUT2D eigenvalue weighted by Gasteiger charge is 2.20. The van der Waals surface area contributed by atoms with Gasteiger partial charge in [-0.15, -0.1) is 0 Å². The van der Waals surface area contributed by atoms with Gasteiger partial charge in [0.2, 0.25) is 0 Å². The molecule has 2 rings (SSSR count). The van der Waals surface area contributed by atoms with Crippen LogP contribution in [0.3, 0.4) is 0 Å². The zero-order valence-electron chi connectivity index (χ0n) is 10.3. The van der Waals surface area contributed by atoms with E-state index in [1.807, 2.05) is 0 Å². The number of anilines is 2. The summed E-state index contributed by atoms with van der Waals surface area (Å²) < 4.78 is 27.0. The Kier molecular flexibility index (Phi) is 4.80. The summed E-state index contributed by atoms with van der Waals surface area (Å²) in [6, 6.07) is 5.46. The topological polar surface area (TPSA) is 97.1 Å². The third-order valence-electron chi connectivity index (χ3n) is 2.45. The van der Waals surface area contributed by atoms with Gasteiger partial charge < -0.3 is 5.43 Å². The molecule has 21 heavy (non-hydrogen) atoms. The number of benzene rings is 1. The molecule has 0 atom stereocenters. The van der Waals surface area contributed by atoms with Crippen LogP contribution in [0.4, 0.5) is 11.5 Å². The SMILES string of the molecule is NNc1ncccc1S(=O)(=O)Nc1cc(Cl)c(Cl)cc1Cl. The molecule has 6 nitrogen and oxygen atoms in total. The fourth-order valence-corrected chi connectivity index (χ4v) is 3.36. The highest BCUT2D eigenvalue weighted by molar-refractivity contribution is 7.92. The Balaban J connectivity index is 2.45. The quantitative estimate of drug-likeness (QED) is 0.438. The molecule has 2 aromatic rings. The van der Waals surface area contributed by atoms with E-state index in [1.54, 1.807) is 0 Å². The second-order valence-electron chi connectivity index (χ2n) is 3.85. The van der Waals surface area contributed by atoms with Crippen molar-refractivity contribution < 1.29 is 8.42 Å². The largest absolute Gasteiger partial charge is 0.307 e. The number of aromatic nitrogens is 1. The average Bonchev–Trinajstić information content (AvgIpc) is 2.44. The second-order valence-corrected chi connectivity index (χ2v) is 6.72. The van der Waals surface area contributed by atoms with Crippen LogP contribution in [0.25, 0.3) is 0 Å². The van der Waals surface area contributed by atoms with E-state index in [2.05, 4.69) is 15.1 Å². The van der Waals surface area contributed by atoms with Gasteiger partial charge in [0, 0.05) is 6.20 Å². The van der Waals surface area contributed by atoms with Crippen molar-refractivity contribution in [2.75, 3.05) is 10.1 Å². The van der Waals surface area contributed by atoms with Crippen LogP contribution >= 0.6 is 34.8 Å². The fraction of sp³-hybridized carbons (Fsp3) is 0. The van der Waals surface area contributed by atoms with Gasteiger partial charge in [-0.25, -0.2) is 19.2 Å². The van der Waals surface area contributed by atoms with Crippen LogP contribution in [0.15, 0.2) is 35.4 Å². The Morgan fingerprint density at radius 2 is 1.76 bits per heavy atom. The lowest BCUT2D eigenvalue weighted by Gasteiger charge is -2.12. The first kappa shape index (κ1) is 16.1. The van der Waals surface area contributed by atoms with Gasteiger partial charge in [-0.05, 0) is 24.3 Å². The molecule has 1 aromatic carbocycles. The Hall–Kier alpha value is -1.25. The number of hydrazine groups is 1. The number of nitrogens with zero attached hydrogens (tertiary/aromatic N) is 1. The van der Waals surface area contributed by atoms with Crippen molar-refractivity contribution >= 4 is 56.3 Å². The van der Waals surface area contributed by atoms with Crippen LogP contribution in [-0.2, 0) is 10.0 Å². The highest BCUT2D eigenvalue weighted by atomic mass is 35.5. The standard InChI is InChI=1S/C11H9Cl3N4O2S/c12-6-4-8(14)9(5-7(6)13)18-21(19,20)10-2-1-3-16-11(10)17-15/h1-5,18H,15H2,(H,16,17). The molecule has 10 heteroatoms. The molecule has 112 valence electrons. The van der Waals surface area contributed by atoms with Gasteiger partial charge in [0.15, 0.2) is 5.82 Å². The first-order valence-corrected chi connectivity index (χ1v) is 8.06. The van der Waals surface area contributed by atoms with Crippen LogP contribution in [0.5, 0.6) is 0 Å². The van der Waals surface area contributed by atoms with Crippen molar-refractivity contribution in [1.29, 1.82) is 0 Å². The first-order chi connectivity index (χ1) is 9.85. The number of nitrogens with two attached hydrogens (primary N) is 1. The van der Waals surface area contributed by atoms with Crippen molar-refractivity contribution in [3.8, 4) is 0 Å². The fourth-order valence-electron chi connectivity index (χ4n) is 1.52. The van der Waals surface area contributed by atoms with E-state index in [9.17, 15) is 8.42 Å². The molecule has 0 saturated carbocycles. The monoisotopic (exact) mass is 366 g/mol. The molecular weight excluding hydrogens is 359 g/mol. The lowest BCUT2D eigenvalue weighted by Crippen LogP contribution is -2.18. The maximum absolute atomic E-state index is 12.3. The molecule has 0 saturated heterocycles. The van der Waals surface area contributed by atoms with E-state index in [4.69, 9.17) is 40.6 Å². The van der Waals surface area contributed by atoms with E-state index < -0.39 is 10.0 Å². The smallest absolute Gasteiger partial charge is 0.265 e. The molecule has 0 aliphatic rings. The molecule has 0 spiro atoms. The molecule has 0 aliphatic carbocycles. The molecular formula is C11H9Cl3N4O2S. The molecule has 4 N–H and O–H groups in total. The molecule has 0 bridgehead atoms. The summed E-state index contributed by atoms with van der Waals surface area (Å²) in [5, 5.41) is 0.497. The van der Waals surface area contributed by atoms with Crippen LogP contribution in [0.1, 0.15) is 0 Å². The Morgan fingerprint density at radius 3 is 2.43 bits per heavy atom. The molecule has 0 fully saturated rings. The van der Waals surface area contributed by atoms with E-state index >= 15 is 0 Å². The van der Waals surface area contributed by atoms with Gasteiger partial charge in [0.1, 0.15) is 4.90 Å². The lowest BCUT2D eigenvalue weighted by molar-refractivity contribution is 0.601. The Bertz CT molecular complexity index is 783. The number of nitrogens with one attached hydrogen (secondary N) is 2. The summed E-state index contributed by atoms with van der Waals surface area (Å²) >= 11 is 17.6. The molecule has 0 unspecified atom stereocenters. The average molecular weight is 368 g/mol. The molecule has 1 heterocycles. The van der Waals surface area contributed by atoms with Crippen molar-refractivity contribution in [2.24, 2.45) is 5.84 Å². The maximum Gasteiger partial charge on any atom is 0.265 e. The summed E-state index contributed by atoms with van der Waals surface area (Å²) in [5.74, 6) is 5.25. The minimum absolute atomic E-state index is 0.00110. The van der Waals surface area contributed by atoms with Crippen LogP contribution in [0.2, 0.25) is 15.1 Å². The van der Waals surface area contributed by atoms with Gasteiger partial charge >= 0.3 is 0 Å². The number of pyridine rings is 1. The Morgan fingerprint density at radius 1 is 1.10 bits per heavy atom. The molecule has 0 radical (unpaired) electrons. The maximum atomic E-state index is 12.3. The van der Waals surface area contributed by atoms with Gasteiger partial charge in [0.05, 0.1) is 20.8 Å². The lowest BCUT2D eigenvalue weighted by atomic mass is 10.3. The van der Waals surface area contributed by atoms with Crippen molar-refractivity contribution in [3.05, 3.63) is 45.5 Å². The van der Waals surface area contributed by atoms with Crippen LogP contribution in [0, 0.1) is 0 Å². The van der Waals surface area contributed by atoms with E-state index in [0.717, 1.165) is 0 Å². The summed E-state index contributed by atoms with van der Waals surface area (Å²) in [5.41, 5.74) is 2.31. The number of sulfonamides is 1. The zero-order valence-corrected chi connectivity index (χ0v) is 13.4. The van der Waals surface area contributed by atoms with Crippen LogP contribution < -0.4 is 16.0 Å². The predicted octanol–water partition coefficient (Wildman–Crippen LogP) is 3.13. The minimum atomic E-state index is -3.95. The number of halogens is 3. The van der Waals surface area contributed by atoms with Crippen LogP contribution in [-0.4, -0.2) is 13.4 Å².